The van der Waals surface area contributed by atoms with Crippen LogP contribution in [-0.2, 0) is 0 Å². The van der Waals surface area contributed by atoms with E-state index in [1.165, 1.54) is 25.8 Å². The Kier molecular flexibility index (Phi) is 4.80. The molecule has 1 aliphatic rings. The highest BCUT2D eigenvalue weighted by Gasteiger charge is 2.18. The standard InChI is InChI=1S/C15H21NO3/c1-16-9-3-2-6-13(16)8-10-19-14-7-4-5-12(11-14)15(17)18/h4-5,7,11,13H,2-3,6,8-10H2,1H3,(H,17,18). The molecule has 4 nitrogen and oxygen atoms in total. The molecule has 0 aromatic heterocycles. The lowest BCUT2D eigenvalue weighted by Crippen LogP contribution is -2.37. The summed E-state index contributed by atoms with van der Waals surface area (Å²) in [6.45, 7) is 1.80. The van der Waals surface area contributed by atoms with Crippen molar-refractivity contribution in [3.8, 4) is 5.75 Å². The lowest BCUT2D eigenvalue weighted by Gasteiger charge is -2.32. The third-order valence-electron chi connectivity index (χ3n) is 3.72. The molecule has 19 heavy (non-hydrogen) atoms. The molecule has 0 aliphatic carbocycles. The van der Waals surface area contributed by atoms with Gasteiger partial charge in [-0.05, 0) is 51.1 Å². The van der Waals surface area contributed by atoms with Gasteiger partial charge in [0.2, 0.25) is 0 Å². The first-order valence-corrected chi connectivity index (χ1v) is 6.83. The van der Waals surface area contributed by atoms with Crippen molar-refractivity contribution in [3.63, 3.8) is 0 Å². The molecule has 2 rings (SSSR count). The monoisotopic (exact) mass is 263 g/mol. The van der Waals surface area contributed by atoms with Crippen LogP contribution in [0.4, 0.5) is 0 Å². The summed E-state index contributed by atoms with van der Waals surface area (Å²) in [4.78, 5) is 13.2. The number of ether oxygens (including phenoxy) is 1. The maximum Gasteiger partial charge on any atom is 0.335 e. The number of carbonyl (C=O) groups is 1. The quantitative estimate of drug-likeness (QED) is 0.887. The van der Waals surface area contributed by atoms with E-state index < -0.39 is 5.97 Å². The van der Waals surface area contributed by atoms with Crippen molar-refractivity contribution in [1.29, 1.82) is 0 Å². The fraction of sp³-hybridized carbons (Fsp3) is 0.533. The van der Waals surface area contributed by atoms with Crippen molar-refractivity contribution in [2.45, 2.75) is 31.7 Å². The van der Waals surface area contributed by atoms with Crippen LogP contribution in [-0.4, -0.2) is 42.2 Å². The SMILES string of the molecule is CN1CCCCC1CCOc1cccc(C(=O)O)c1. The van der Waals surface area contributed by atoms with Crippen LogP contribution >= 0.6 is 0 Å². The number of carboxylic acid groups (broad SMARTS) is 1. The summed E-state index contributed by atoms with van der Waals surface area (Å²) >= 11 is 0. The second kappa shape index (κ2) is 6.57. The second-order valence-corrected chi connectivity index (χ2v) is 5.10. The first-order chi connectivity index (χ1) is 9.16. The topological polar surface area (TPSA) is 49.8 Å². The molecule has 1 aromatic rings. The largest absolute Gasteiger partial charge is 0.494 e. The van der Waals surface area contributed by atoms with E-state index in [1.54, 1.807) is 24.3 Å². The Bertz CT molecular complexity index is 433. The Morgan fingerprint density at radius 3 is 3.05 bits per heavy atom. The molecule has 1 heterocycles. The smallest absolute Gasteiger partial charge is 0.335 e. The number of likely N-dealkylation sites (tertiary alicyclic amines) is 1. The van der Waals surface area contributed by atoms with Crippen LogP contribution in [0.2, 0.25) is 0 Å². The van der Waals surface area contributed by atoms with Crippen molar-refractivity contribution in [1.82, 2.24) is 4.90 Å². The van der Waals surface area contributed by atoms with Gasteiger partial charge in [0.25, 0.3) is 0 Å². The maximum absolute atomic E-state index is 10.9. The number of piperidine rings is 1. The van der Waals surface area contributed by atoms with Gasteiger partial charge in [0.05, 0.1) is 12.2 Å². The van der Waals surface area contributed by atoms with E-state index in [0.717, 1.165) is 6.42 Å². The molecule has 1 saturated heterocycles. The summed E-state index contributed by atoms with van der Waals surface area (Å²) in [7, 11) is 2.16. The van der Waals surface area contributed by atoms with Crippen molar-refractivity contribution < 1.29 is 14.6 Å². The predicted octanol–water partition coefficient (Wildman–Crippen LogP) is 2.64. The summed E-state index contributed by atoms with van der Waals surface area (Å²) in [6, 6.07) is 7.26. The lowest BCUT2D eigenvalue weighted by atomic mass is 10.0. The van der Waals surface area contributed by atoms with Gasteiger partial charge in [-0.3, -0.25) is 0 Å². The van der Waals surface area contributed by atoms with Crippen LogP contribution < -0.4 is 4.74 Å². The third-order valence-corrected chi connectivity index (χ3v) is 3.72. The molecule has 1 aliphatic heterocycles. The minimum absolute atomic E-state index is 0.271. The van der Waals surface area contributed by atoms with E-state index in [9.17, 15) is 4.79 Å². The Balaban J connectivity index is 1.82. The van der Waals surface area contributed by atoms with Crippen LogP contribution in [0.15, 0.2) is 24.3 Å². The number of carboxylic acids is 1. The highest BCUT2D eigenvalue weighted by Crippen LogP contribution is 2.19. The molecule has 0 radical (unpaired) electrons. The van der Waals surface area contributed by atoms with E-state index in [4.69, 9.17) is 9.84 Å². The molecule has 0 spiro atoms. The van der Waals surface area contributed by atoms with Gasteiger partial charge in [0.1, 0.15) is 5.75 Å². The molecule has 1 unspecified atom stereocenters. The fourth-order valence-electron chi connectivity index (χ4n) is 2.54. The minimum atomic E-state index is -0.919. The highest BCUT2D eigenvalue weighted by atomic mass is 16.5. The number of benzene rings is 1. The Labute approximate surface area is 114 Å². The van der Waals surface area contributed by atoms with Crippen molar-refractivity contribution in [2.24, 2.45) is 0 Å². The van der Waals surface area contributed by atoms with Gasteiger partial charge >= 0.3 is 5.97 Å². The number of hydrogen-bond acceptors (Lipinski definition) is 3. The number of aromatic carboxylic acids is 1. The fourth-order valence-corrected chi connectivity index (χ4v) is 2.54. The van der Waals surface area contributed by atoms with Crippen LogP contribution in [0, 0.1) is 0 Å². The first-order valence-electron chi connectivity index (χ1n) is 6.83. The molecule has 1 aromatic carbocycles. The van der Waals surface area contributed by atoms with Crippen LogP contribution in [0.1, 0.15) is 36.0 Å². The van der Waals surface area contributed by atoms with Gasteiger partial charge in [-0.2, -0.15) is 0 Å². The third kappa shape index (κ3) is 3.96. The molecule has 1 fully saturated rings. The maximum atomic E-state index is 10.9. The number of hydrogen-bond donors (Lipinski definition) is 1. The van der Waals surface area contributed by atoms with Crippen molar-refractivity contribution in [2.75, 3.05) is 20.2 Å². The van der Waals surface area contributed by atoms with E-state index in [2.05, 4.69) is 11.9 Å². The number of nitrogens with zero attached hydrogens (tertiary/aromatic N) is 1. The average Bonchev–Trinajstić information content (AvgIpc) is 2.41. The summed E-state index contributed by atoms with van der Waals surface area (Å²) in [6.07, 6.45) is 4.81. The second-order valence-electron chi connectivity index (χ2n) is 5.10. The molecule has 0 saturated carbocycles. The molecule has 4 heteroatoms. The Morgan fingerprint density at radius 2 is 2.32 bits per heavy atom. The first kappa shape index (κ1) is 13.9. The van der Waals surface area contributed by atoms with Gasteiger partial charge in [-0.1, -0.05) is 12.5 Å². The predicted molar refractivity (Wildman–Crippen MR) is 73.8 cm³/mol. The minimum Gasteiger partial charge on any atom is -0.494 e. The van der Waals surface area contributed by atoms with E-state index in [-0.39, 0.29) is 5.56 Å². The van der Waals surface area contributed by atoms with Crippen LogP contribution in [0.3, 0.4) is 0 Å². The summed E-state index contributed by atoms with van der Waals surface area (Å²) < 4.78 is 5.66. The molecule has 0 bridgehead atoms. The van der Waals surface area contributed by atoms with Crippen molar-refractivity contribution in [3.05, 3.63) is 29.8 Å². The van der Waals surface area contributed by atoms with E-state index in [0.29, 0.717) is 18.4 Å². The molecule has 1 atom stereocenters. The summed E-state index contributed by atoms with van der Waals surface area (Å²) in [5.74, 6) is -0.282. The van der Waals surface area contributed by atoms with Gasteiger partial charge < -0.3 is 14.7 Å². The van der Waals surface area contributed by atoms with Gasteiger partial charge in [0.15, 0.2) is 0 Å². The van der Waals surface area contributed by atoms with Gasteiger partial charge in [-0.15, -0.1) is 0 Å². The van der Waals surface area contributed by atoms with Gasteiger partial charge in [0, 0.05) is 6.04 Å². The normalized spacial score (nSPS) is 20.2. The van der Waals surface area contributed by atoms with Crippen molar-refractivity contribution >= 4 is 5.97 Å². The lowest BCUT2D eigenvalue weighted by molar-refractivity contribution is 0.0696. The summed E-state index contributed by atoms with van der Waals surface area (Å²) in [5.41, 5.74) is 0.271. The zero-order chi connectivity index (χ0) is 13.7. The molecule has 1 N–H and O–H groups in total. The summed E-state index contributed by atoms with van der Waals surface area (Å²) in [5, 5.41) is 8.91. The number of rotatable bonds is 5. The molecule has 104 valence electrons. The zero-order valence-corrected chi connectivity index (χ0v) is 11.3. The average molecular weight is 263 g/mol. The van der Waals surface area contributed by atoms with E-state index in [1.807, 2.05) is 0 Å². The Hall–Kier alpha value is -1.55. The van der Waals surface area contributed by atoms with Crippen LogP contribution in [0.25, 0.3) is 0 Å². The van der Waals surface area contributed by atoms with Crippen LogP contribution in [0.5, 0.6) is 5.75 Å². The Morgan fingerprint density at radius 1 is 1.47 bits per heavy atom. The zero-order valence-electron chi connectivity index (χ0n) is 11.3. The molecular formula is C15H21NO3. The molecule has 0 amide bonds. The van der Waals surface area contributed by atoms with Gasteiger partial charge in [-0.25, -0.2) is 4.79 Å². The molecular weight excluding hydrogens is 242 g/mol. The highest BCUT2D eigenvalue weighted by molar-refractivity contribution is 5.87. The van der Waals surface area contributed by atoms with E-state index >= 15 is 0 Å².